The van der Waals surface area contributed by atoms with E-state index in [9.17, 15) is 14.4 Å². The van der Waals surface area contributed by atoms with Crippen LogP contribution in [0.25, 0.3) is 0 Å². The molecule has 0 spiro atoms. The minimum atomic E-state index is -0.232. The molecular formula is C17H21N3O4. The Hall–Kier alpha value is -2.41. The van der Waals surface area contributed by atoms with Gasteiger partial charge in [-0.05, 0) is 25.0 Å². The highest BCUT2D eigenvalue weighted by molar-refractivity contribution is 6.10. The van der Waals surface area contributed by atoms with E-state index in [1.54, 1.807) is 18.2 Å². The van der Waals surface area contributed by atoms with Gasteiger partial charge in [-0.1, -0.05) is 12.1 Å². The van der Waals surface area contributed by atoms with Crippen LogP contribution in [0.5, 0.6) is 0 Å². The summed E-state index contributed by atoms with van der Waals surface area (Å²) in [5, 5.41) is 5.53. The molecule has 3 rings (SSSR count). The van der Waals surface area contributed by atoms with Crippen molar-refractivity contribution in [1.29, 1.82) is 0 Å². The molecule has 2 N–H and O–H groups in total. The van der Waals surface area contributed by atoms with Crippen molar-refractivity contribution in [2.24, 2.45) is 0 Å². The van der Waals surface area contributed by atoms with E-state index in [2.05, 4.69) is 10.6 Å². The molecule has 0 aromatic heterocycles. The normalized spacial score (nSPS) is 19.6. The van der Waals surface area contributed by atoms with Gasteiger partial charge in [0.2, 0.25) is 17.7 Å². The van der Waals surface area contributed by atoms with E-state index in [0.29, 0.717) is 17.9 Å². The van der Waals surface area contributed by atoms with Crippen molar-refractivity contribution >= 4 is 29.1 Å². The molecule has 128 valence electrons. The molecular weight excluding hydrogens is 310 g/mol. The Morgan fingerprint density at radius 1 is 1.29 bits per heavy atom. The average Bonchev–Trinajstić information content (AvgIpc) is 3.10. The van der Waals surface area contributed by atoms with Gasteiger partial charge < -0.3 is 20.3 Å². The number of hydrogen-bond acceptors (Lipinski definition) is 4. The highest BCUT2D eigenvalue weighted by atomic mass is 16.5. The zero-order valence-corrected chi connectivity index (χ0v) is 13.4. The van der Waals surface area contributed by atoms with Gasteiger partial charge in [0, 0.05) is 26.0 Å². The molecule has 0 radical (unpaired) electrons. The first-order valence-electron chi connectivity index (χ1n) is 8.21. The van der Waals surface area contributed by atoms with Crippen LogP contribution < -0.4 is 15.5 Å². The molecule has 0 bridgehead atoms. The number of carbonyl (C=O) groups is 3. The van der Waals surface area contributed by atoms with E-state index in [0.717, 1.165) is 19.4 Å². The maximum Gasteiger partial charge on any atom is 0.244 e. The zero-order chi connectivity index (χ0) is 16.9. The quantitative estimate of drug-likeness (QED) is 0.844. The molecule has 1 aromatic carbocycles. The summed E-state index contributed by atoms with van der Waals surface area (Å²) in [7, 11) is 0. The van der Waals surface area contributed by atoms with E-state index in [-0.39, 0.29) is 43.2 Å². The maximum absolute atomic E-state index is 12.4. The van der Waals surface area contributed by atoms with Crippen molar-refractivity contribution in [2.75, 3.05) is 29.9 Å². The van der Waals surface area contributed by atoms with Crippen LogP contribution in [0.4, 0.5) is 11.4 Å². The number of benzene rings is 1. The highest BCUT2D eigenvalue weighted by Crippen LogP contribution is 2.29. The molecule has 2 aliphatic rings. The molecule has 7 heteroatoms. The van der Waals surface area contributed by atoms with Gasteiger partial charge in [0.1, 0.15) is 6.54 Å². The fourth-order valence-electron chi connectivity index (χ4n) is 2.93. The van der Waals surface area contributed by atoms with Crippen molar-refractivity contribution in [3.05, 3.63) is 24.3 Å². The number of nitrogens with zero attached hydrogens (tertiary/aromatic N) is 1. The molecule has 24 heavy (non-hydrogen) atoms. The predicted molar refractivity (Wildman–Crippen MR) is 88.6 cm³/mol. The number of fused-ring (bicyclic) bond motifs is 1. The summed E-state index contributed by atoms with van der Waals surface area (Å²) in [6, 6.07) is 7.14. The summed E-state index contributed by atoms with van der Waals surface area (Å²) in [4.78, 5) is 37.5. The SMILES string of the molecule is O=C(CCC(=O)N1CC(=O)Nc2ccccc21)NC[C@@H]1CCCO1. The topological polar surface area (TPSA) is 87.7 Å². The van der Waals surface area contributed by atoms with Crippen LogP contribution in [0.2, 0.25) is 0 Å². The summed E-state index contributed by atoms with van der Waals surface area (Å²) in [6.07, 6.45) is 2.24. The number of carbonyl (C=O) groups excluding carboxylic acids is 3. The number of nitrogens with one attached hydrogen (secondary N) is 2. The van der Waals surface area contributed by atoms with Gasteiger partial charge in [-0.25, -0.2) is 0 Å². The Kier molecular flexibility index (Phi) is 5.10. The van der Waals surface area contributed by atoms with Crippen LogP contribution in [-0.2, 0) is 19.1 Å². The van der Waals surface area contributed by atoms with Gasteiger partial charge in [-0.3, -0.25) is 14.4 Å². The highest BCUT2D eigenvalue weighted by Gasteiger charge is 2.26. The third-order valence-electron chi connectivity index (χ3n) is 4.19. The Morgan fingerprint density at radius 2 is 2.12 bits per heavy atom. The van der Waals surface area contributed by atoms with Crippen LogP contribution in [0, 0.1) is 0 Å². The molecule has 0 unspecified atom stereocenters. The minimum absolute atomic E-state index is 0.0205. The third-order valence-corrected chi connectivity index (χ3v) is 4.19. The second-order valence-corrected chi connectivity index (χ2v) is 5.98. The molecule has 1 fully saturated rings. The van der Waals surface area contributed by atoms with E-state index in [4.69, 9.17) is 4.74 Å². The van der Waals surface area contributed by atoms with Gasteiger partial charge in [-0.15, -0.1) is 0 Å². The first kappa shape index (κ1) is 16.4. The summed E-state index contributed by atoms with van der Waals surface area (Å²) in [5.41, 5.74) is 1.28. The van der Waals surface area contributed by atoms with Crippen LogP contribution >= 0.6 is 0 Å². The summed E-state index contributed by atoms with van der Waals surface area (Å²) >= 11 is 0. The minimum Gasteiger partial charge on any atom is -0.376 e. The number of anilines is 2. The predicted octanol–water partition coefficient (Wildman–Crippen LogP) is 1.05. The third kappa shape index (κ3) is 3.91. The molecule has 1 atom stereocenters. The van der Waals surface area contributed by atoms with Crippen molar-refractivity contribution in [1.82, 2.24) is 5.32 Å². The molecule has 7 nitrogen and oxygen atoms in total. The Morgan fingerprint density at radius 3 is 2.92 bits per heavy atom. The van der Waals surface area contributed by atoms with E-state index >= 15 is 0 Å². The van der Waals surface area contributed by atoms with E-state index in [1.165, 1.54) is 4.90 Å². The lowest BCUT2D eigenvalue weighted by molar-refractivity contribution is -0.126. The van der Waals surface area contributed by atoms with Gasteiger partial charge in [-0.2, -0.15) is 0 Å². The lowest BCUT2D eigenvalue weighted by Gasteiger charge is -2.29. The number of rotatable bonds is 5. The van der Waals surface area contributed by atoms with Crippen molar-refractivity contribution in [2.45, 2.75) is 31.8 Å². The fraction of sp³-hybridized carbons (Fsp3) is 0.471. The van der Waals surface area contributed by atoms with Crippen molar-refractivity contribution in [3.8, 4) is 0 Å². The lowest BCUT2D eigenvalue weighted by Crippen LogP contribution is -2.42. The number of amides is 3. The summed E-state index contributed by atoms with van der Waals surface area (Å²) in [6.45, 7) is 1.21. The Bertz CT molecular complexity index is 640. The van der Waals surface area contributed by atoms with Gasteiger partial charge >= 0.3 is 0 Å². The van der Waals surface area contributed by atoms with Gasteiger partial charge in [0.15, 0.2) is 0 Å². The average molecular weight is 331 g/mol. The Balaban J connectivity index is 1.51. The largest absolute Gasteiger partial charge is 0.376 e. The molecule has 1 saturated heterocycles. The summed E-state index contributed by atoms with van der Waals surface area (Å²) in [5.74, 6) is -0.636. The van der Waals surface area contributed by atoms with Crippen LogP contribution in [0.3, 0.4) is 0 Å². The Labute approximate surface area is 140 Å². The molecule has 0 saturated carbocycles. The number of para-hydroxylation sites is 2. The van der Waals surface area contributed by atoms with Crippen LogP contribution in [0.15, 0.2) is 24.3 Å². The molecule has 0 aliphatic carbocycles. The number of hydrogen-bond donors (Lipinski definition) is 2. The summed E-state index contributed by atoms with van der Waals surface area (Å²) < 4.78 is 5.44. The van der Waals surface area contributed by atoms with Gasteiger partial charge in [0.25, 0.3) is 0 Å². The second-order valence-electron chi connectivity index (χ2n) is 5.98. The lowest BCUT2D eigenvalue weighted by atomic mass is 10.1. The monoisotopic (exact) mass is 331 g/mol. The zero-order valence-electron chi connectivity index (χ0n) is 13.4. The van der Waals surface area contributed by atoms with Gasteiger partial charge in [0.05, 0.1) is 17.5 Å². The molecule has 1 aromatic rings. The smallest absolute Gasteiger partial charge is 0.244 e. The number of ether oxygens (including phenoxy) is 1. The first-order valence-corrected chi connectivity index (χ1v) is 8.21. The van der Waals surface area contributed by atoms with Crippen LogP contribution in [-0.4, -0.2) is 43.5 Å². The second kappa shape index (κ2) is 7.44. The fourth-order valence-corrected chi connectivity index (χ4v) is 2.93. The van der Waals surface area contributed by atoms with Crippen molar-refractivity contribution in [3.63, 3.8) is 0 Å². The van der Waals surface area contributed by atoms with E-state index < -0.39 is 0 Å². The molecule has 3 amide bonds. The van der Waals surface area contributed by atoms with E-state index in [1.807, 2.05) is 6.07 Å². The van der Waals surface area contributed by atoms with Crippen molar-refractivity contribution < 1.29 is 19.1 Å². The van der Waals surface area contributed by atoms with Crippen LogP contribution in [0.1, 0.15) is 25.7 Å². The standard InChI is InChI=1S/C17H21N3O4/c21-15(18-10-12-4-3-9-24-12)7-8-17(23)20-11-16(22)19-13-5-1-2-6-14(13)20/h1-2,5-6,12H,3-4,7-11H2,(H,18,21)(H,19,22)/t12-/m0/s1. The molecule has 2 heterocycles. The first-order chi connectivity index (χ1) is 11.6. The maximum atomic E-state index is 12.4. The molecule has 2 aliphatic heterocycles.